The van der Waals surface area contributed by atoms with Crippen molar-refractivity contribution < 1.29 is 0 Å². The molecule has 2 N–H and O–H groups in total. The van der Waals surface area contributed by atoms with Crippen molar-refractivity contribution in [1.29, 1.82) is 0 Å². The number of aryl methyl sites for hydroxylation is 1. The Hall–Kier alpha value is -1.89. The molecule has 0 aliphatic rings. The van der Waals surface area contributed by atoms with Crippen LogP contribution in [0.3, 0.4) is 0 Å². The van der Waals surface area contributed by atoms with E-state index in [-0.39, 0.29) is 10.6 Å². The summed E-state index contributed by atoms with van der Waals surface area (Å²) in [5, 5.41) is 10.7. The first-order chi connectivity index (χ1) is 8.18. The zero-order chi connectivity index (χ0) is 12.3. The number of nitrogens with one attached hydrogen (secondary N) is 2. The molecule has 0 atom stereocenters. The number of hydrogen-bond donors (Lipinski definition) is 2. The summed E-state index contributed by atoms with van der Waals surface area (Å²) in [6.45, 7) is 0.572. The third-order valence-corrected chi connectivity index (χ3v) is 2.59. The predicted octanol–water partition coefficient (Wildman–Crippen LogP) is 0.206. The van der Waals surface area contributed by atoms with E-state index >= 15 is 0 Å². The minimum absolute atomic E-state index is 0.0606. The fourth-order valence-electron chi connectivity index (χ4n) is 1.33. The second-order valence-corrected chi connectivity index (χ2v) is 3.81. The number of aromatic amines is 1. The van der Waals surface area contributed by atoms with Gasteiger partial charge in [-0.15, -0.1) is 10.2 Å². The van der Waals surface area contributed by atoms with E-state index in [1.54, 1.807) is 6.33 Å². The van der Waals surface area contributed by atoms with Crippen molar-refractivity contribution in [2.75, 3.05) is 11.9 Å². The van der Waals surface area contributed by atoms with Gasteiger partial charge in [0.25, 0.3) is 5.56 Å². The molecule has 0 unspecified atom stereocenters. The summed E-state index contributed by atoms with van der Waals surface area (Å²) in [4.78, 5) is 17.5. The Bertz CT molecular complexity index is 563. The van der Waals surface area contributed by atoms with Crippen LogP contribution in [0.25, 0.3) is 0 Å². The first-order valence-corrected chi connectivity index (χ1v) is 5.36. The van der Waals surface area contributed by atoms with Crippen LogP contribution in [0, 0.1) is 0 Å². The van der Waals surface area contributed by atoms with E-state index in [1.807, 2.05) is 11.6 Å². The number of nitrogens with zero attached hydrogens (tertiary/aromatic N) is 4. The molecule has 0 aliphatic heterocycles. The molecule has 0 saturated carbocycles. The largest absolute Gasteiger partial charge is 0.368 e. The van der Waals surface area contributed by atoms with Crippen LogP contribution in [0.1, 0.15) is 5.82 Å². The first kappa shape index (κ1) is 11.6. The molecule has 2 aromatic heterocycles. The number of anilines is 1. The topological polar surface area (TPSA) is 88.5 Å². The maximum Gasteiger partial charge on any atom is 0.271 e. The minimum atomic E-state index is -0.358. The molecule has 8 heteroatoms. The number of rotatable bonds is 4. The van der Waals surface area contributed by atoms with Crippen LogP contribution in [0.15, 0.2) is 17.4 Å². The van der Waals surface area contributed by atoms with Gasteiger partial charge in [-0.3, -0.25) is 4.79 Å². The summed E-state index contributed by atoms with van der Waals surface area (Å²) in [5.74, 6) is 1.22. The van der Waals surface area contributed by atoms with E-state index in [4.69, 9.17) is 11.6 Å². The highest BCUT2D eigenvalue weighted by Crippen LogP contribution is 2.11. The third-order valence-electron chi connectivity index (χ3n) is 2.24. The molecule has 0 radical (unpaired) electrons. The highest BCUT2D eigenvalue weighted by Gasteiger charge is 2.05. The van der Waals surface area contributed by atoms with Crippen molar-refractivity contribution in [3.8, 4) is 0 Å². The van der Waals surface area contributed by atoms with Crippen LogP contribution in [0.2, 0.25) is 5.02 Å². The summed E-state index contributed by atoms with van der Waals surface area (Å²) >= 11 is 5.78. The molecule has 2 heterocycles. The van der Waals surface area contributed by atoms with Gasteiger partial charge in [0.1, 0.15) is 17.2 Å². The lowest BCUT2D eigenvalue weighted by Crippen LogP contribution is -2.14. The second-order valence-electron chi connectivity index (χ2n) is 3.43. The Labute approximate surface area is 102 Å². The predicted molar refractivity (Wildman–Crippen MR) is 63.1 cm³/mol. The molecular weight excluding hydrogens is 244 g/mol. The van der Waals surface area contributed by atoms with Crippen molar-refractivity contribution in [2.45, 2.75) is 6.42 Å². The van der Waals surface area contributed by atoms with Gasteiger partial charge in [-0.25, -0.2) is 4.98 Å². The van der Waals surface area contributed by atoms with E-state index in [0.717, 1.165) is 5.82 Å². The molecule has 0 saturated heterocycles. The Morgan fingerprint density at radius 2 is 2.41 bits per heavy atom. The van der Waals surface area contributed by atoms with Crippen LogP contribution in [0.5, 0.6) is 0 Å². The van der Waals surface area contributed by atoms with Crippen LogP contribution >= 0.6 is 11.6 Å². The first-order valence-electron chi connectivity index (χ1n) is 4.98. The Balaban J connectivity index is 1.97. The van der Waals surface area contributed by atoms with Crippen LogP contribution in [-0.4, -0.2) is 31.3 Å². The van der Waals surface area contributed by atoms with Crippen molar-refractivity contribution in [3.05, 3.63) is 33.9 Å². The Morgan fingerprint density at radius 3 is 3.12 bits per heavy atom. The van der Waals surface area contributed by atoms with Gasteiger partial charge in [-0.1, -0.05) is 11.6 Å². The molecule has 0 fully saturated rings. The molecule has 90 valence electrons. The van der Waals surface area contributed by atoms with E-state index in [9.17, 15) is 4.79 Å². The van der Waals surface area contributed by atoms with Gasteiger partial charge in [0, 0.05) is 20.0 Å². The maximum absolute atomic E-state index is 11.2. The molecule has 17 heavy (non-hydrogen) atoms. The summed E-state index contributed by atoms with van der Waals surface area (Å²) in [6.07, 6.45) is 3.61. The normalized spacial score (nSPS) is 10.5. The van der Waals surface area contributed by atoms with Crippen molar-refractivity contribution in [1.82, 2.24) is 24.7 Å². The molecule has 0 spiro atoms. The minimum Gasteiger partial charge on any atom is -0.368 e. The zero-order valence-electron chi connectivity index (χ0n) is 9.14. The summed E-state index contributed by atoms with van der Waals surface area (Å²) < 4.78 is 1.83. The highest BCUT2D eigenvalue weighted by molar-refractivity contribution is 6.32. The molecule has 7 nitrogen and oxygen atoms in total. The van der Waals surface area contributed by atoms with E-state index < -0.39 is 0 Å². The lowest BCUT2D eigenvalue weighted by Gasteiger charge is -2.05. The summed E-state index contributed by atoms with van der Waals surface area (Å²) in [5.41, 5.74) is -0.358. The van der Waals surface area contributed by atoms with Gasteiger partial charge in [-0.05, 0) is 0 Å². The van der Waals surface area contributed by atoms with Gasteiger partial charge in [-0.2, -0.15) is 0 Å². The summed E-state index contributed by atoms with van der Waals surface area (Å²) in [7, 11) is 1.87. The SMILES string of the molecule is Cn1cnnc1CCNc1nc[nH]c(=O)c1Cl. The lowest BCUT2D eigenvalue weighted by atomic mass is 10.4. The smallest absolute Gasteiger partial charge is 0.271 e. The van der Waals surface area contributed by atoms with Crippen LogP contribution < -0.4 is 10.9 Å². The fraction of sp³-hybridized carbons (Fsp3) is 0.333. The Morgan fingerprint density at radius 1 is 1.59 bits per heavy atom. The van der Waals surface area contributed by atoms with Gasteiger partial charge >= 0.3 is 0 Å². The van der Waals surface area contributed by atoms with Crippen LogP contribution in [-0.2, 0) is 13.5 Å². The number of hydrogen-bond acceptors (Lipinski definition) is 5. The van der Waals surface area contributed by atoms with Crippen LogP contribution in [0.4, 0.5) is 5.82 Å². The van der Waals surface area contributed by atoms with E-state index in [1.165, 1.54) is 6.33 Å². The van der Waals surface area contributed by atoms with E-state index in [0.29, 0.717) is 18.8 Å². The molecule has 0 aliphatic carbocycles. The highest BCUT2D eigenvalue weighted by atomic mass is 35.5. The standard InChI is InChI=1S/C9H11ClN6O/c1-16-5-14-15-6(16)2-3-11-8-7(10)9(17)13-4-12-8/h4-5H,2-3H2,1H3,(H2,11,12,13,17). The molecule has 0 amide bonds. The van der Waals surface area contributed by atoms with Gasteiger partial charge in [0.05, 0.1) is 6.33 Å². The van der Waals surface area contributed by atoms with Gasteiger partial charge in [0.15, 0.2) is 5.82 Å². The summed E-state index contributed by atoms with van der Waals surface area (Å²) in [6, 6.07) is 0. The molecular formula is C9H11ClN6O. The second kappa shape index (κ2) is 4.96. The van der Waals surface area contributed by atoms with Crippen molar-refractivity contribution in [3.63, 3.8) is 0 Å². The van der Waals surface area contributed by atoms with Crippen molar-refractivity contribution >= 4 is 17.4 Å². The Kier molecular flexibility index (Phi) is 3.38. The van der Waals surface area contributed by atoms with Gasteiger partial charge < -0.3 is 14.9 Å². The number of aromatic nitrogens is 5. The number of H-pyrrole nitrogens is 1. The molecule has 2 rings (SSSR count). The molecule has 2 aromatic rings. The average molecular weight is 255 g/mol. The zero-order valence-corrected chi connectivity index (χ0v) is 9.90. The fourth-order valence-corrected chi connectivity index (χ4v) is 1.50. The lowest BCUT2D eigenvalue weighted by molar-refractivity contribution is 0.787. The van der Waals surface area contributed by atoms with E-state index in [2.05, 4.69) is 25.5 Å². The average Bonchev–Trinajstić information content (AvgIpc) is 2.71. The maximum atomic E-state index is 11.2. The van der Waals surface area contributed by atoms with Gasteiger partial charge in [0.2, 0.25) is 0 Å². The number of halogens is 1. The third kappa shape index (κ3) is 2.62. The quantitative estimate of drug-likeness (QED) is 0.814. The van der Waals surface area contributed by atoms with Crippen molar-refractivity contribution in [2.24, 2.45) is 7.05 Å². The molecule has 0 bridgehead atoms. The molecule has 0 aromatic carbocycles. The monoisotopic (exact) mass is 254 g/mol.